The molecule has 34 heavy (non-hydrogen) atoms. The number of benzene rings is 2. The summed E-state index contributed by atoms with van der Waals surface area (Å²) in [6.45, 7) is 7.51. The molecule has 2 aromatic carbocycles. The van der Waals surface area contributed by atoms with Crippen molar-refractivity contribution in [2.75, 3.05) is 18.6 Å². The minimum absolute atomic E-state index is 0.240. The van der Waals surface area contributed by atoms with Crippen LogP contribution in [-0.4, -0.2) is 41.9 Å². The van der Waals surface area contributed by atoms with E-state index in [-0.39, 0.29) is 24.4 Å². The monoisotopic (exact) mass is 465 g/mol. The van der Waals surface area contributed by atoms with Crippen molar-refractivity contribution < 1.29 is 19.1 Å². The lowest BCUT2D eigenvalue weighted by Crippen LogP contribution is -2.49. The van der Waals surface area contributed by atoms with Gasteiger partial charge in [0, 0.05) is 5.69 Å². The highest BCUT2D eigenvalue weighted by Gasteiger charge is 2.56. The summed E-state index contributed by atoms with van der Waals surface area (Å²) in [4.78, 5) is 42.7. The summed E-state index contributed by atoms with van der Waals surface area (Å²) in [5, 5.41) is 3.02. The van der Waals surface area contributed by atoms with Crippen molar-refractivity contribution in [3.05, 3.63) is 59.7 Å². The van der Waals surface area contributed by atoms with E-state index in [9.17, 15) is 14.4 Å². The topological polar surface area (TPSA) is 79.0 Å². The molecule has 1 atom stereocenters. The Morgan fingerprint density at radius 2 is 1.74 bits per heavy atom. The lowest BCUT2D eigenvalue weighted by Gasteiger charge is -2.33. The molecule has 0 aliphatic carbocycles. The van der Waals surface area contributed by atoms with Crippen molar-refractivity contribution in [3.8, 4) is 5.75 Å². The van der Waals surface area contributed by atoms with E-state index in [0.29, 0.717) is 24.3 Å². The Morgan fingerprint density at radius 1 is 1.06 bits per heavy atom. The van der Waals surface area contributed by atoms with Crippen LogP contribution in [-0.2, 0) is 9.59 Å². The van der Waals surface area contributed by atoms with E-state index in [1.807, 2.05) is 76.2 Å². The van der Waals surface area contributed by atoms with Gasteiger partial charge >= 0.3 is 6.03 Å². The lowest BCUT2D eigenvalue weighted by atomic mass is 9.90. The Hall–Kier alpha value is -3.35. The number of methoxy groups -OCH3 is 1. The quantitative estimate of drug-likeness (QED) is 0.502. The van der Waals surface area contributed by atoms with Gasteiger partial charge in [-0.2, -0.15) is 0 Å². The van der Waals surface area contributed by atoms with Gasteiger partial charge in [-0.05, 0) is 56.0 Å². The summed E-state index contributed by atoms with van der Waals surface area (Å²) in [6, 6.07) is 14.4. The maximum Gasteiger partial charge on any atom is 0.332 e. The van der Waals surface area contributed by atoms with Crippen LogP contribution in [0.2, 0.25) is 0 Å². The van der Waals surface area contributed by atoms with Gasteiger partial charge in [-0.1, -0.05) is 57.0 Å². The third-order valence-electron chi connectivity index (χ3n) is 6.67. The van der Waals surface area contributed by atoms with Gasteiger partial charge in [0.15, 0.2) is 0 Å². The molecule has 3 rings (SSSR count). The Kier molecular flexibility index (Phi) is 7.97. The molecule has 0 bridgehead atoms. The SMILES string of the molecule is CCCC(NC(=O)CN1C(=O)N(c2ccc(C)cc2)C(CC)(CC)C1=O)c1cccc(OC)c1. The summed E-state index contributed by atoms with van der Waals surface area (Å²) in [5.74, 6) is 0.0173. The van der Waals surface area contributed by atoms with Crippen molar-refractivity contribution in [3.63, 3.8) is 0 Å². The smallest absolute Gasteiger partial charge is 0.332 e. The third-order valence-corrected chi connectivity index (χ3v) is 6.67. The summed E-state index contributed by atoms with van der Waals surface area (Å²) in [7, 11) is 1.60. The Labute approximate surface area is 202 Å². The van der Waals surface area contributed by atoms with Gasteiger partial charge < -0.3 is 10.1 Å². The van der Waals surface area contributed by atoms with Gasteiger partial charge in [0.05, 0.1) is 13.2 Å². The first kappa shape index (κ1) is 25.3. The van der Waals surface area contributed by atoms with E-state index in [1.165, 1.54) is 0 Å². The number of imide groups is 1. The van der Waals surface area contributed by atoms with Crippen LogP contribution in [0.25, 0.3) is 0 Å². The summed E-state index contributed by atoms with van der Waals surface area (Å²) in [6.07, 6.45) is 2.51. The zero-order valence-corrected chi connectivity index (χ0v) is 20.8. The van der Waals surface area contributed by atoms with Gasteiger partial charge in [0.2, 0.25) is 5.91 Å². The molecule has 1 N–H and O–H groups in total. The molecule has 182 valence electrons. The first-order chi connectivity index (χ1) is 16.3. The molecule has 2 aromatic rings. The Bertz CT molecular complexity index is 1030. The van der Waals surface area contributed by atoms with E-state index >= 15 is 0 Å². The number of ether oxygens (including phenoxy) is 1. The molecule has 0 aromatic heterocycles. The van der Waals surface area contributed by atoms with Crippen LogP contribution in [0.4, 0.5) is 10.5 Å². The van der Waals surface area contributed by atoms with Crippen LogP contribution in [0.5, 0.6) is 5.75 Å². The number of carbonyl (C=O) groups excluding carboxylic acids is 3. The molecule has 0 radical (unpaired) electrons. The number of nitrogens with one attached hydrogen (secondary N) is 1. The molecule has 1 aliphatic heterocycles. The van der Waals surface area contributed by atoms with E-state index < -0.39 is 11.6 Å². The minimum Gasteiger partial charge on any atom is -0.497 e. The number of hydrogen-bond acceptors (Lipinski definition) is 4. The second-order valence-electron chi connectivity index (χ2n) is 8.77. The Morgan fingerprint density at radius 3 is 2.32 bits per heavy atom. The third kappa shape index (κ3) is 4.79. The van der Waals surface area contributed by atoms with Gasteiger partial charge in [0.1, 0.15) is 17.8 Å². The summed E-state index contributed by atoms with van der Waals surface area (Å²) in [5.41, 5.74) is 1.65. The molecule has 1 saturated heterocycles. The van der Waals surface area contributed by atoms with Crippen LogP contribution in [0.1, 0.15) is 63.6 Å². The first-order valence-electron chi connectivity index (χ1n) is 12.0. The van der Waals surface area contributed by atoms with E-state index in [0.717, 1.165) is 28.9 Å². The molecule has 4 amide bonds. The van der Waals surface area contributed by atoms with Gasteiger partial charge in [-0.15, -0.1) is 0 Å². The molecule has 1 aliphatic rings. The van der Waals surface area contributed by atoms with Crippen LogP contribution < -0.4 is 15.0 Å². The molecule has 1 heterocycles. The molecule has 0 spiro atoms. The number of hydrogen-bond donors (Lipinski definition) is 1. The van der Waals surface area contributed by atoms with Crippen LogP contribution in [0, 0.1) is 6.92 Å². The van der Waals surface area contributed by atoms with Gasteiger partial charge in [0.25, 0.3) is 5.91 Å². The van der Waals surface area contributed by atoms with E-state index in [4.69, 9.17) is 4.74 Å². The zero-order valence-electron chi connectivity index (χ0n) is 20.8. The lowest BCUT2D eigenvalue weighted by molar-refractivity contribution is -0.135. The summed E-state index contributed by atoms with van der Waals surface area (Å²) < 4.78 is 5.32. The highest BCUT2D eigenvalue weighted by molar-refractivity contribution is 6.18. The van der Waals surface area contributed by atoms with Gasteiger partial charge in [-0.3, -0.25) is 19.4 Å². The van der Waals surface area contributed by atoms with Crippen molar-refractivity contribution in [2.24, 2.45) is 0 Å². The number of anilines is 1. The first-order valence-corrected chi connectivity index (χ1v) is 12.0. The molecule has 1 fully saturated rings. The second kappa shape index (κ2) is 10.7. The van der Waals surface area contributed by atoms with E-state index in [2.05, 4.69) is 5.32 Å². The maximum atomic E-state index is 13.5. The molecule has 7 nitrogen and oxygen atoms in total. The van der Waals surface area contributed by atoms with Gasteiger partial charge in [-0.25, -0.2) is 4.79 Å². The highest BCUT2D eigenvalue weighted by atomic mass is 16.5. The second-order valence-corrected chi connectivity index (χ2v) is 8.77. The number of rotatable bonds is 10. The summed E-state index contributed by atoms with van der Waals surface area (Å²) >= 11 is 0. The van der Waals surface area contributed by atoms with Crippen molar-refractivity contribution >= 4 is 23.5 Å². The number of nitrogens with zero attached hydrogens (tertiary/aromatic N) is 2. The van der Waals surface area contributed by atoms with Crippen molar-refractivity contribution in [1.82, 2.24) is 10.2 Å². The molecular weight excluding hydrogens is 430 g/mol. The normalized spacial score (nSPS) is 16.0. The molecule has 7 heteroatoms. The number of amides is 4. The maximum absolute atomic E-state index is 13.5. The minimum atomic E-state index is -0.998. The van der Waals surface area contributed by atoms with Crippen molar-refractivity contribution in [2.45, 2.75) is 65.0 Å². The standard InChI is InChI=1S/C27H35N3O4/c1-6-10-23(20-11-9-12-22(17-20)34-5)28-24(31)18-29-25(32)27(7-2,8-3)30(26(29)33)21-15-13-19(4)14-16-21/h9,11-17,23H,6-8,10,18H2,1-5H3,(H,28,31). The van der Waals surface area contributed by atoms with Crippen LogP contribution in [0.3, 0.4) is 0 Å². The largest absolute Gasteiger partial charge is 0.497 e. The van der Waals surface area contributed by atoms with Crippen LogP contribution >= 0.6 is 0 Å². The molecular formula is C27H35N3O4. The highest BCUT2D eigenvalue weighted by Crippen LogP contribution is 2.38. The Balaban J connectivity index is 1.84. The van der Waals surface area contributed by atoms with Crippen LogP contribution in [0.15, 0.2) is 48.5 Å². The number of carbonyl (C=O) groups is 3. The zero-order chi connectivity index (χ0) is 24.9. The average Bonchev–Trinajstić information content (AvgIpc) is 3.05. The van der Waals surface area contributed by atoms with E-state index in [1.54, 1.807) is 12.0 Å². The fourth-order valence-electron chi connectivity index (χ4n) is 4.65. The predicted octanol–water partition coefficient (Wildman–Crippen LogP) is 4.99. The number of urea groups is 1. The fourth-order valence-corrected chi connectivity index (χ4v) is 4.65. The molecule has 0 saturated carbocycles. The van der Waals surface area contributed by atoms with Crippen molar-refractivity contribution in [1.29, 1.82) is 0 Å². The molecule has 1 unspecified atom stereocenters. The predicted molar refractivity (Wildman–Crippen MR) is 133 cm³/mol. The fraction of sp³-hybridized carbons (Fsp3) is 0.444. The number of aryl methyl sites for hydroxylation is 1. The average molecular weight is 466 g/mol.